The molecule has 0 spiro atoms. The maximum absolute atomic E-state index is 11.9. The first-order valence-electron chi connectivity index (χ1n) is 11.0. The minimum atomic E-state index is -5.08. The molecule has 33 heavy (non-hydrogen) atoms. The number of carbonyl (C=O) groups is 2. The molecule has 0 aromatic heterocycles. The molecule has 0 saturated carbocycles. The monoisotopic (exact) mass is 491 g/mol. The normalized spacial score (nSPS) is 20.7. The highest BCUT2D eigenvalue weighted by Crippen LogP contribution is 2.35. The van der Waals surface area contributed by atoms with Crippen LogP contribution >= 0.6 is 11.8 Å². The van der Waals surface area contributed by atoms with Gasteiger partial charge in [0.05, 0.1) is 0 Å². The van der Waals surface area contributed by atoms with Crippen LogP contribution in [-0.2, 0) is 16.1 Å². The number of thioether (sulfide) groups is 1. The van der Waals surface area contributed by atoms with Crippen molar-refractivity contribution in [2.45, 2.75) is 57.9 Å². The summed E-state index contributed by atoms with van der Waals surface area (Å²) in [6, 6.07) is 7.98. The fourth-order valence-electron chi connectivity index (χ4n) is 4.16. The predicted molar refractivity (Wildman–Crippen MR) is 121 cm³/mol. The Labute approximate surface area is 196 Å². The Balaban J connectivity index is 0.000000479. The number of hydrogen-bond acceptors (Lipinski definition) is 5. The van der Waals surface area contributed by atoms with E-state index in [0.29, 0.717) is 12.8 Å². The second-order valence-corrected chi connectivity index (χ2v) is 10.2. The van der Waals surface area contributed by atoms with E-state index in [1.165, 1.54) is 12.8 Å². The highest BCUT2D eigenvalue weighted by molar-refractivity contribution is 7.99. The summed E-state index contributed by atoms with van der Waals surface area (Å²) in [7, 11) is 0. The third-order valence-electron chi connectivity index (χ3n) is 5.78. The zero-order valence-corrected chi connectivity index (χ0v) is 19.8. The molecule has 2 saturated heterocycles. The number of aliphatic carboxylic acids is 2. The van der Waals surface area contributed by atoms with Crippen LogP contribution in [0.25, 0.3) is 0 Å². The molecule has 2 heterocycles. The summed E-state index contributed by atoms with van der Waals surface area (Å²) in [5.74, 6) is 0.376. The third kappa shape index (κ3) is 8.41. The second kappa shape index (κ2) is 12.0. The number of hydrogen-bond donors (Lipinski definition) is 2. The fraction of sp³-hybridized carbons (Fsp3) is 0.652. The lowest BCUT2D eigenvalue weighted by molar-refractivity contribution is -0.192. The number of carboxylic acid groups (broad SMARTS) is 2. The molecule has 1 aromatic rings. The topological polar surface area (TPSA) is 87.1 Å². The van der Waals surface area contributed by atoms with Crippen molar-refractivity contribution >= 4 is 23.7 Å². The van der Waals surface area contributed by atoms with Gasteiger partial charge < -0.3 is 14.9 Å². The number of para-hydroxylation sites is 1. The van der Waals surface area contributed by atoms with Crippen LogP contribution in [0.3, 0.4) is 0 Å². The number of benzene rings is 1. The average Bonchev–Trinajstić information content (AvgIpc) is 3.16. The van der Waals surface area contributed by atoms with E-state index in [9.17, 15) is 23.1 Å². The summed E-state index contributed by atoms with van der Waals surface area (Å²) in [6.07, 6.45) is -1.39. The summed E-state index contributed by atoms with van der Waals surface area (Å²) in [4.78, 5) is 23.3. The van der Waals surface area contributed by atoms with Gasteiger partial charge in [-0.25, -0.2) is 9.59 Å². The average molecular weight is 492 g/mol. The molecule has 0 aliphatic carbocycles. The Hall–Kier alpha value is -1.94. The molecule has 0 bridgehead atoms. The second-order valence-electron chi connectivity index (χ2n) is 8.94. The van der Waals surface area contributed by atoms with Crippen LogP contribution in [0.4, 0.5) is 13.2 Å². The number of nitrogens with zero attached hydrogens (tertiary/aromatic N) is 1. The highest BCUT2D eigenvalue weighted by atomic mass is 32.2. The van der Waals surface area contributed by atoms with Gasteiger partial charge >= 0.3 is 18.1 Å². The number of likely N-dealkylation sites (tertiary alicyclic amines) is 1. The smallest absolute Gasteiger partial charge is 0.478 e. The predicted octanol–water partition coefficient (Wildman–Crippen LogP) is 4.92. The van der Waals surface area contributed by atoms with Crippen molar-refractivity contribution in [1.29, 1.82) is 0 Å². The van der Waals surface area contributed by atoms with Crippen molar-refractivity contribution in [3.8, 4) is 5.75 Å². The summed E-state index contributed by atoms with van der Waals surface area (Å²) >= 11 is 1.81. The molecule has 2 aliphatic heterocycles. The van der Waals surface area contributed by atoms with Gasteiger partial charge in [-0.2, -0.15) is 24.9 Å². The summed E-state index contributed by atoms with van der Waals surface area (Å²) in [6.45, 7) is 7.67. The maximum Gasteiger partial charge on any atom is 0.490 e. The number of alkyl halides is 3. The van der Waals surface area contributed by atoms with Gasteiger partial charge in [0.1, 0.15) is 5.75 Å². The molecule has 2 aliphatic rings. The van der Waals surface area contributed by atoms with Crippen LogP contribution in [-0.4, -0.2) is 63.4 Å². The molecule has 0 amide bonds. The molecule has 2 fully saturated rings. The first-order chi connectivity index (χ1) is 15.4. The van der Waals surface area contributed by atoms with Crippen LogP contribution in [0, 0.1) is 11.8 Å². The van der Waals surface area contributed by atoms with E-state index in [2.05, 4.69) is 24.8 Å². The molecule has 1 unspecified atom stereocenters. The van der Waals surface area contributed by atoms with Crippen molar-refractivity contribution < 1.29 is 37.7 Å². The molecule has 10 heteroatoms. The Morgan fingerprint density at radius 1 is 1.21 bits per heavy atom. The third-order valence-corrected chi connectivity index (χ3v) is 6.76. The number of rotatable bonds is 7. The van der Waals surface area contributed by atoms with E-state index in [4.69, 9.17) is 14.6 Å². The van der Waals surface area contributed by atoms with Crippen molar-refractivity contribution in [1.82, 2.24) is 4.90 Å². The van der Waals surface area contributed by atoms with Crippen LogP contribution in [0.15, 0.2) is 24.3 Å². The molecule has 3 rings (SSSR count). The van der Waals surface area contributed by atoms with Gasteiger partial charge in [-0.15, -0.1) is 0 Å². The first kappa shape index (κ1) is 27.3. The van der Waals surface area contributed by atoms with Gasteiger partial charge in [-0.05, 0) is 48.8 Å². The molecular weight excluding hydrogens is 459 g/mol. The first-order valence-corrected chi connectivity index (χ1v) is 12.2. The summed E-state index contributed by atoms with van der Waals surface area (Å²) in [5.41, 5.74) is 0.0450. The zero-order valence-electron chi connectivity index (χ0n) is 18.9. The Morgan fingerprint density at radius 3 is 2.36 bits per heavy atom. The van der Waals surface area contributed by atoms with E-state index in [1.807, 2.05) is 30.0 Å². The molecule has 2 N–H and O–H groups in total. The van der Waals surface area contributed by atoms with E-state index in [0.717, 1.165) is 54.3 Å². The molecular formula is C23H32F3NO5S. The SMILES string of the molecule is CC(C)CC1CCN(Cc2ccccc2OC2(C(=O)O)CCSCC2)C1.O=C(O)C(F)(F)F. The number of ether oxygens (including phenoxy) is 1. The zero-order chi connectivity index (χ0) is 24.6. The van der Waals surface area contributed by atoms with Crippen molar-refractivity contribution in [3.05, 3.63) is 29.8 Å². The number of carboxylic acids is 2. The van der Waals surface area contributed by atoms with Crippen LogP contribution < -0.4 is 4.74 Å². The number of halogens is 3. The van der Waals surface area contributed by atoms with Gasteiger partial charge in [-0.1, -0.05) is 32.0 Å². The van der Waals surface area contributed by atoms with Crippen LogP contribution in [0.5, 0.6) is 5.75 Å². The van der Waals surface area contributed by atoms with Gasteiger partial charge in [0.25, 0.3) is 0 Å². The lowest BCUT2D eigenvalue weighted by Gasteiger charge is -2.34. The van der Waals surface area contributed by atoms with Gasteiger partial charge in [0.2, 0.25) is 5.60 Å². The van der Waals surface area contributed by atoms with Gasteiger partial charge in [0, 0.05) is 31.5 Å². The van der Waals surface area contributed by atoms with Gasteiger partial charge in [-0.3, -0.25) is 4.90 Å². The van der Waals surface area contributed by atoms with Gasteiger partial charge in [0.15, 0.2) is 0 Å². The molecule has 0 radical (unpaired) electrons. The molecule has 1 atom stereocenters. The Bertz CT molecular complexity index is 797. The Kier molecular flexibility index (Phi) is 9.90. The molecule has 186 valence electrons. The summed E-state index contributed by atoms with van der Waals surface area (Å²) < 4.78 is 37.9. The largest absolute Gasteiger partial charge is 0.490 e. The lowest BCUT2D eigenvalue weighted by atomic mass is 9.96. The van der Waals surface area contributed by atoms with Crippen molar-refractivity contribution in [3.63, 3.8) is 0 Å². The quantitative estimate of drug-likeness (QED) is 0.560. The fourth-order valence-corrected chi connectivity index (χ4v) is 5.31. The van der Waals surface area contributed by atoms with E-state index >= 15 is 0 Å². The van der Waals surface area contributed by atoms with E-state index in [-0.39, 0.29) is 0 Å². The Morgan fingerprint density at radius 2 is 1.82 bits per heavy atom. The van der Waals surface area contributed by atoms with Crippen molar-refractivity contribution in [2.75, 3.05) is 24.6 Å². The minimum absolute atomic E-state index is 0.571. The molecule has 1 aromatic carbocycles. The van der Waals surface area contributed by atoms with Crippen LogP contribution in [0.1, 0.15) is 45.1 Å². The lowest BCUT2D eigenvalue weighted by Crippen LogP contribution is -2.47. The summed E-state index contributed by atoms with van der Waals surface area (Å²) in [5, 5.41) is 16.9. The van der Waals surface area contributed by atoms with Crippen molar-refractivity contribution in [2.24, 2.45) is 11.8 Å². The van der Waals surface area contributed by atoms with E-state index in [1.54, 1.807) is 0 Å². The standard InChI is InChI=1S/C21H31NO3S.C2HF3O2/c1-16(2)13-17-7-10-22(14-17)15-18-5-3-4-6-19(18)25-21(20(23)24)8-11-26-12-9-21;3-2(4,5)1(6)7/h3-6,16-17H,7-15H2,1-2H3,(H,23,24);(H,6,7). The molecule has 6 nitrogen and oxygen atoms in total. The van der Waals surface area contributed by atoms with Crippen LogP contribution in [0.2, 0.25) is 0 Å². The maximum atomic E-state index is 11.9. The highest BCUT2D eigenvalue weighted by Gasteiger charge is 2.43. The minimum Gasteiger partial charge on any atom is -0.478 e. The van der Waals surface area contributed by atoms with E-state index < -0.39 is 23.7 Å².